The number of nitro groups is 1. The number of benzene rings is 2. The molecular formula is C21H22N4O4. The van der Waals surface area contributed by atoms with E-state index < -0.39 is 22.9 Å². The fourth-order valence-electron chi connectivity index (χ4n) is 3.41. The van der Waals surface area contributed by atoms with Crippen molar-refractivity contribution >= 4 is 23.3 Å². The van der Waals surface area contributed by atoms with Crippen LogP contribution in [0.5, 0.6) is 0 Å². The van der Waals surface area contributed by atoms with Crippen LogP contribution in [0, 0.1) is 17.0 Å². The van der Waals surface area contributed by atoms with Crippen molar-refractivity contribution in [3.05, 3.63) is 80.5 Å². The normalized spacial score (nSPS) is 16.1. The summed E-state index contributed by atoms with van der Waals surface area (Å²) in [7, 11) is 0. The largest absolute Gasteiger partial charge is 0.327 e. The number of nitrogens with zero attached hydrogens (tertiary/aromatic N) is 1. The molecule has 0 fully saturated rings. The van der Waals surface area contributed by atoms with Gasteiger partial charge in [0, 0.05) is 23.5 Å². The third-order valence-corrected chi connectivity index (χ3v) is 4.88. The van der Waals surface area contributed by atoms with Crippen LogP contribution < -0.4 is 16.0 Å². The van der Waals surface area contributed by atoms with Gasteiger partial charge < -0.3 is 16.0 Å². The molecule has 0 bridgehead atoms. The molecule has 0 spiro atoms. The lowest BCUT2D eigenvalue weighted by molar-refractivity contribution is -0.384. The van der Waals surface area contributed by atoms with E-state index >= 15 is 0 Å². The van der Waals surface area contributed by atoms with Crippen LogP contribution in [0.25, 0.3) is 0 Å². The highest BCUT2D eigenvalue weighted by Crippen LogP contribution is 2.30. The maximum Gasteiger partial charge on any atom is 0.319 e. The number of hydrogen-bond acceptors (Lipinski definition) is 4. The Morgan fingerprint density at radius 2 is 1.97 bits per heavy atom. The standard InChI is InChI=1S/C21H22N4O4/c1-4-14-8-9-17(12(2)10-14)19-18(13(3)22-21(27)24-19)20(26)23-15-6-5-7-16(11-15)25(28)29/h5-11,19H,4H2,1-3H3,(H,23,26)(H2,22,24,27)/t19-/m1/s1. The minimum atomic E-state index is -0.631. The van der Waals surface area contributed by atoms with Crippen LogP contribution in [0.4, 0.5) is 16.2 Å². The Bertz CT molecular complexity index is 1030. The lowest BCUT2D eigenvalue weighted by Crippen LogP contribution is -2.46. The first-order chi connectivity index (χ1) is 13.8. The van der Waals surface area contributed by atoms with E-state index in [0.717, 1.165) is 23.1 Å². The predicted molar refractivity (Wildman–Crippen MR) is 109 cm³/mol. The number of anilines is 1. The Morgan fingerprint density at radius 3 is 2.62 bits per heavy atom. The van der Waals surface area contributed by atoms with Gasteiger partial charge >= 0.3 is 6.03 Å². The lowest BCUT2D eigenvalue weighted by atomic mass is 9.90. The summed E-state index contributed by atoms with van der Waals surface area (Å²) < 4.78 is 0. The summed E-state index contributed by atoms with van der Waals surface area (Å²) in [4.78, 5) is 35.6. The molecule has 0 saturated heterocycles. The number of amides is 3. The molecule has 1 atom stereocenters. The average Bonchev–Trinajstić information content (AvgIpc) is 2.67. The summed E-state index contributed by atoms with van der Waals surface area (Å²) in [5.74, 6) is -0.445. The zero-order valence-electron chi connectivity index (χ0n) is 16.4. The van der Waals surface area contributed by atoms with Gasteiger partial charge in [-0.1, -0.05) is 31.2 Å². The van der Waals surface area contributed by atoms with Gasteiger partial charge in [0.05, 0.1) is 16.5 Å². The zero-order valence-corrected chi connectivity index (χ0v) is 16.4. The predicted octanol–water partition coefficient (Wildman–Crippen LogP) is 3.73. The van der Waals surface area contributed by atoms with Crippen LogP contribution in [0.3, 0.4) is 0 Å². The monoisotopic (exact) mass is 394 g/mol. The van der Waals surface area contributed by atoms with E-state index in [1.54, 1.807) is 13.0 Å². The van der Waals surface area contributed by atoms with Gasteiger partial charge in [0.25, 0.3) is 11.6 Å². The van der Waals surface area contributed by atoms with Gasteiger partial charge in [-0.3, -0.25) is 14.9 Å². The molecule has 2 aromatic carbocycles. The molecule has 0 aliphatic carbocycles. The fraction of sp³-hybridized carbons (Fsp3) is 0.238. The van der Waals surface area contributed by atoms with E-state index in [4.69, 9.17) is 0 Å². The molecule has 1 aliphatic heterocycles. The second-order valence-corrected chi connectivity index (χ2v) is 6.88. The van der Waals surface area contributed by atoms with Gasteiger partial charge in [-0.25, -0.2) is 4.79 Å². The summed E-state index contributed by atoms with van der Waals surface area (Å²) in [5, 5.41) is 19.1. The second kappa shape index (κ2) is 8.14. The van der Waals surface area contributed by atoms with Gasteiger partial charge in [-0.15, -0.1) is 0 Å². The summed E-state index contributed by atoms with van der Waals surface area (Å²) >= 11 is 0. The van der Waals surface area contributed by atoms with Crippen LogP contribution in [0.15, 0.2) is 53.7 Å². The van der Waals surface area contributed by atoms with E-state index in [2.05, 4.69) is 22.9 Å². The number of urea groups is 1. The molecular weight excluding hydrogens is 372 g/mol. The summed E-state index contributed by atoms with van der Waals surface area (Å²) in [6, 6.07) is 10.6. The fourth-order valence-corrected chi connectivity index (χ4v) is 3.41. The van der Waals surface area contributed by atoms with Crippen molar-refractivity contribution in [3.8, 4) is 0 Å². The first-order valence-electron chi connectivity index (χ1n) is 9.23. The molecule has 3 amide bonds. The Hall–Kier alpha value is -3.68. The Morgan fingerprint density at radius 1 is 1.21 bits per heavy atom. The molecule has 3 rings (SSSR count). The molecule has 1 aliphatic rings. The SMILES string of the molecule is CCc1ccc([C@H]2NC(=O)NC(C)=C2C(=O)Nc2cccc([N+](=O)[O-])c2)c(C)c1. The molecule has 0 radical (unpaired) electrons. The topological polar surface area (TPSA) is 113 Å². The van der Waals surface area contributed by atoms with Crippen molar-refractivity contribution in [2.45, 2.75) is 33.2 Å². The van der Waals surface area contributed by atoms with E-state index in [1.807, 2.05) is 25.1 Å². The summed E-state index contributed by atoms with van der Waals surface area (Å²) in [6.45, 7) is 5.65. The molecule has 0 saturated carbocycles. The number of nitrogens with one attached hydrogen (secondary N) is 3. The molecule has 2 aromatic rings. The van der Waals surface area contributed by atoms with E-state index in [1.165, 1.54) is 18.2 Å². The zero-order chi connectivity index (χ0) is 21.1. The van der Waals surface area contributed by atoms with Gasteiger partial charge in [0.15, 0.2) is 0 Å². The summed E-state index contributed by atoms with van der Waals surface area (Å²) in [6.07, 6.45) is 0.884. The van der Waals surface area contributed by atoms with Gasteiger partial charge in [-0.05, 0) is 43.0 Å². The molecule has 150 valence electrons. The van der Waals surface area contributed by atoms with Crippen LogP contribution in [0.2, 0.25) is 0 Å². The van der Waals surface area contributed by atoms with Crippen molar-refractivity contribution in [2.75, 3.05) is 5.32 Å². The number of aryl methyl sites for hydroxylation is 2. The van der Waals surface area contributed by atoms with Crippen molar-refractivity contribution in [1.29, 1.82) is 0 Å². The van der Waals surface area contributed by atoms with E-state index in [0.29, 0.717) is 17.0 Å². The second-order valence-electron chi connectivity index (χ2n) is 6.88. The quantitative estimate of drug-likeness (QED) is 0.529. The molecule has 8 nitrogen and oxygen atoms in total. The highest BCUT2D eigenvalue weighted by molar-refractivity contribution is 6.07. The highest BCUT2D eigenvalue weighted by atomic mass is 16.6. The molecule has 0 aromatic heterocycles. The van der Waals surface area contributed by atoms with E-state index in [9.17, 15) is 19.7 Å². The molecule has 3 N–H and O–H groups in total. The van der Waals surface area contributed by atoms with Gasteiger partial charge in [-0.2, -0.15) is 0 Å². The first-order valence-corrected chi connectivity index (χ1v) is 9.23. The lowest BCUT2D eigenvalue weighted by Gasteiger charge is -2.29. The smallest absolute Gasteiger partial charge is 0.319 e. The van der Waals surface area contributed by atoms with Crippen molar-refractivity contribution in [2.24, 2.45) is 0 Å². The van der Waals surface area contributed by atoms with Crippen LogP contribution in [0.1, 0.15) is 36.6 Å². The maximum absolute atomic E-state index is 13.1. The van der Waals surface area contributed by atoms with Crippen molar-refractivity contribution < 1.29 is 14.5 Å². The minimum Gasteiger partial charge on any atom is -0.327 e. The molecule has 29 heavy (non-hydrogen) atoms. The maximum atomic E-state index is 13.1. The summed E-state index contributed by atoms with van der Waals surface area (Å²) in [5.41, 5.74) is 3.91. The highest BCUT2D eigenvalue weighted by Gasteiger charge is 2.32. The third kappa shape index (κ3) is 4.26. The number of carbonyl (C=O) groups is 2. The van der Waals surface area contributed by atoms with Gasteiger partial charge in [0.1, 0.15) is 0 Å². The van der Waals surface area contributed by atoms with E-state index in [-0.39, 0.29) is 5.69 Å². The number of hydrogen-bond donors (Lipinski definition) is 3. The van der Waals surface area contributed by atoms with Crippen molar-refractivity contribution in [3.63, 3.8) is 0 Å². The molecule has 0 unspecified atom stereocenters. The molecule has 8 heteroatoms. The molecule has 1 heterocycles. The van der Waals surface area contributed by atoms with Gasteiger partial charge in [0.2, 0.25) is 0 Å². The average molecular weight is 394 g/mol. The van der Waals surface area contributed by atoms with Crippen LogP contribution in [-0.4, -0.2) is 16.9 Å². The minimum absolute atomic E-state index is 0.119. The number of nitro benzene ring substituents is 1. The first kappa shape index (κ1) is 20.1. The number of carbonyl (C=O) groups excluding carboxylic acids is 2. The Balaban J connectivity index is 1.96. The van der Waals surface area contributed by atoms with Crippen LogP contribution >= 0.6 is 0 Å². The number of rotatable bonds is 5. The third-order valence-electron chi connectivity index (χ3n) is 4.88. The number of non-ortho nitro benzene ring substituents is 1. The Labute approximate surface area is 168 Å². The Kier molecular flexibility index (Phi) is 5.63. The van der Waals surface area contributed by atoms with Crippen molar-refractivity contribution in [1.82, 2.24) is 10.6 Å². The van der Waals surface area contributed by atoms with Crippen LogP contribution in [-0.2, 0) is 11.2 Å². The number of allylic oxidation sites excluding steroid dienone is 1.